The highest BCUT2D eigenvalue weighted by Crippen LogP contribution is 2.29. The number of esters is 1. The highest BCUT2D eigenvalue weighted by Gasteiger charge is 2.21. The first-order valence-electron chi connectivity index (χ1n) is 4.71. The molecule has 1 heterocycles. The van der Waals surface area contributed by atoms with E-state index >= 15 is 0 Å². The standard InChI is InChI=1S/C10H9Cl2F2NO2/c1-2-17-10(16)6-3-5(4-11)7(12)8(15-6)9(13)14/h3,9H,2,4H2,1H3. The van der Waals surface area contributed by atoms with Gasteiger partial charge in [-0.25, -0.2) is 18.6 Å². The van der Waals surface area contributed by atoms with Gasteiger partial charge in [0, 0.05) is 5.88 Å². The van der Waals surface area contributed by atoms with Crippen molar-refractivity contribution in [2.45, 2.75) is 19.2 Å². The molecule has 0 bridgehead atoms. The summed E-state index contributed by atoms with van der Waals surface area (Å²) in [5, 5.41) is -0.219. The number of hydrogen-bond acceptors (Lipinski definition) is 3. The number of pyridine rings is 1. The van der Waals surface area contributed by atoms with Gasteiger partial charge >= 0.3 is 5.97 Å². The third kappa shape index (κ3) is 3.26. The zero-order valence-corrected chi connectivity index (χ0v) is 10.4. The van der Waals surface area contributed by atoms with Crippen LogP contribution in [-0.2, 0) is 10.6 Å². The van der Waals surface area contributed by atoms with Crippen LogP contribution in [0, 0.1) is 0 Å². The van der Waals surface area contributed by atoms with Crippen LogP contribution in [-0.4, -0.2) is 17.6 Å². The van der Waals surface area contributed by atoms with Crippen molar-refractivity contribution in [3.05, 3.63) is 28.0 Å². The zero-order chi connectivity index (χ0) is 13.0. The molecule has 0 aliphatic rings. The van der Waals surface area contributed by atoms with Gasteiger partial charge in [-0.05, 0) is 18.6 Å². The Balaban J connectivity index is 3.25. The van der Waals surface area contributed by atoms with Gasteiger partial charge in [0.25, 0.3) is 6.43 Å². The minimum absolute atomic E-state index is 0.0898. The van der Waals surface area contributed by atoms with Crippen LogP contribution in [0.5, 0.6) is 0 Å². The molecule has 0 spiro atoms. The lowest BCUT2D eigenvalue weighted by atomic mass is 10.2. The predicted octanol–water partition coefficient (Wildman–Crippen LogP) is 3.59. The lowest BCUT2D eigenvalue weighted by molar-refractivity contribution is 0.0517. The predicted molar refractivity (Wildman–Crippen MR) is 59.7 cm³/mol. The fraction of sp³-hybridized carbons (Fsp3) is 0.400. The Morgan fingerprint density at radius 3 is 2.71 bits per heavy atom. The third-order valence-electron chi connectivity index (χ3n) is 1.89. The van der Waals surface area contributed by atoms with E-state index in [2.05, 4.69) is 9.72 Å². The van der Waals surface area contributed by atoms with Gasteiger partial charge in [0.1, 0.15) is 11.4 Å². The van der Waals surface area contributed by atoms with E-state index in [1.165, 1.54) is 6.07 Å². The molecule has 1 rings (SSSR count). The van der Waals surface area contributed by atoms with E-state index in [-0.39, 0.29) is 28.8 Å². The molecule has 7 heteroatoms. The van der Waals surface area contributed by atoms with Gasteiger partial charge in [-0.15, -0.1) is 11.6 Å². The van der Waals surface area contributed by atoms with Crippen LogP contribution in [0.1, 0.15) is 35.1 Å². The van der Waals surface area contributed by atoms with Crippen molar-refractivity contribution in [1.82, 2.24) is 4.98 Å². The first-order valence-corrected chi connectivity index (χ1v) is 5.63. The van der Waals surface area contributed by atoms with Crippen LogP contribution in [0.3, 0.4) is 0 Å². The second-order valence-electron chi connectivity index (χ2n) is 3.02. The molecule has 0 fully saturated rings. The largest absolute Gasteiger partial charge is 0.461 e. The van der Waals surface area contributed by atoms with Crippen LogP contribution in [0.25, 0.3) is 0 Å². The summed E-state index contributed by atoms with van der Waals surface area (Å²) in [6.45, 7) is 1.73. The number of alkyl halides is 3. The summed E-state index contributed by atoms with van der Waals surface area (Å²) in [5.41, 5.74) is -0.656. The average molecular weight is 284 g/mol. The summed E-state index contributed by atoms with van der Waals surface area (Å²) >= 11 is 11.2. The Kier molecular flexibility index (Phi) is 5.08. The van der Waals surface area contributed by atoms with Gasteiger partial charge in [-0.3, -0.25) is 0 Å². The molecule has 0 aliphatic heterocycles. The SMILES string of the molecule is CCOC(=O)c1cc(CCl)c(Cl)c(C(F)F)n1. The Hall–Kier alpha value is -0.940. The number of nitrogens with zero attached hydrogens (tertiary/aromatic N) is 1. The molecule has 1 aromatic rings. The maximum Gasteiger partial charge on any atom is 0.356 e. The van der Waals surface area contributed by atoms with Crippen LogP contribution >= 0.6 is 23.2 Å². The Bertz CT molecular complexity index is 427. The highest BCUT2D eigenvalue weighted by molar-refractivity contribution is 6.33. The minimum atomic E-state index is -2.88. The quantitative estimate of drug-likeness (QED) is 0.626. The second-order valence-corrected chi connectivity index (χ2v) is 3.67. The smallest absolute Gasteiger partial charge is 0.356 e. The molecule has 0 unspecified atom stereocenters. The molecule has 1 aromatic heterocycles. The van der Waals surface area contributed by atoms with Crippen molar-refractivity contribution >= 4 is 29.2 Å². The van der Waals surface area contributed by atoms with Gasteiger partial charge in [0.2, 0.25) is 0 Å². The van der Waals surface area contributed by atoms with Crippen LogP contribution in [0.2, 0.25) is 5.02 Å². The van der Waals surface area contributed by atoms with E-state index in [9.17, 15) is 13.6 Å². The fourth-order valence-electron chi connectivity index (χ4n) is 1.16. The molecule has 0 atom stereocenters. The summed E-state index contributed by atoms with van der Waals surface area (Å²) in [6.07, 6.45) is -2.88. The van der Waals surface area contributed by atoms with Gasteiger partial charge < -0.3 is 4.74 Å². The summed E-state index contributed by atoms with van der Waals surface area (Å²) in [7, 11) is 0. The van der Waals surface area contributed by atoms with E-state index in [4.69, 9.17) is 23.2 Å². The molecule has 94 valence electrons. The Morgan fingerprint density at radius 2 is 2.24 bits per heavy atom. The number of carbonyl (C=O) groups is 1. The summed E-state index contributed by atoms with van der Waals surface area (Å²) < 4.78 is 29.9. The van der Waals surface area contributed by atoms with Crippen molar-refractivity contribution in [1.29, 1.82) is 0 Å². The van der Waals surface area contributed by atoms with Crippen molar-refractivity contribution in [2.24, 2.45) is 0 Å². The zero-order valence-electron chi connectivity index (χ0n) is 8.84. The monoisotopic (exact) mass is 283 g/mol. The van der Waals surface area contributed by atoms with Gasteiger partial charge in [-0.1, -0.05) is 11.6 Å². The van der Waals surface area contributed by atoms with Crippen LogP contribution in [0.4, 0.5) is 8.78 Å². The van der Waals surface area contributed by atoms with Gasteiger partial charge in [0.05, 0.1) is 11.6 Å². The van der Waals surface area contributed by atoms with Crippen LogP contribution < -0.4 is 0 Å². The van der Waals surface area contributed by atoms with Crippen molar-refractivity contribution < 1.29 is 18.3 Å². The Labute approximate surface area is 107 Å². The molecule has 0 saturated heterocycles. The normalized spacial score (nSPS) is 10.7. The van der Waals surface area contributed by atoms with Gasteiger partial charge in [-0.2, -0.15) is 0 Å². The maximum absolute atomic E-state index is 12.6. The number of ether oxygens (including phenoxy) is 1. The average Bonchev–Trinajstić information content (AvgIpc) is 2.29. The molecule has 0 N–H and O–H groups in total. The van der Waals surface area contributed by atoms with Crippen molar-refractivity contribution in [2.75, 3.05) is 6.61 Å². The summed E-state index contributed by atoms with van der Waals surface area (Å²) in [4.78, 5) is 14.9. The molecule has 0 aliphatic carbocycles. The van der Waals surface area contributed by atoms with Gasteiger partial charge in [0.15, 0.2) is 0 Å². The Morgan fingerprint density at radius 1 is 1.59 bits per heavy atom. The summed E-state index contributed by atoms with van der Waals surface area (Å²) in [5.74, 6) is -0.870. The number of halogens is 4. The number of aromatic nitrogens is 1. The second kappa shape index (κ2) is 6.12. The topological polar surface area (TPSA) is 39.2 Å². The minimum Gasteiger partial charge on any atom is -0.461 e. The summed E-state index contributed by atoms with van der Waals surface area (Å²) in [6, 6.07) is 1.25. The highest BCUT2D eigenvalue weighted by atomic mass is 35.5. The van der Waals surface area contributed by atoms with Crippen molar-refractivity contribution in [3.63, 3.8) is 0 Å². The number of rotatable bonds is 4. The van der Waals surface area contributed by atoms with Crippen LogP contribution in [0.15, 0.2) is 6.07 Å². The molecule has 0 aromatic carbocycles. The molecule has 17 heavy (non-hydrogen) atoms. The van der Waals surface area contributed by atoms with E-state index in [1.54, 1.807) is 6.92 Å². The molecular weight excluding hydrogens is 275 g/mol. The van der Waals surface area contributed by atoms with E-state index < -0.39 is 18.1 Å². The third-order valence-corrected chi connectivity index (χ3v) is 2.62. The molecule has 0 radical (unpaired) electrons. The first-order chi connectivity index (χ1) is 8.01. The van der Waals surface area contributed by atoms with E-state index in [0.29, 0.717) is 0 Å². The molecule has 0 amide bonds. The van der Waals surface area contributed by atoms with E-state index in [1.807, 2.05) is 0 Å². The molecule has 0 saturated carbocycles. The van der Waals surface area contributed by atoms with Crippen molar-refractivity contribution in [3.8, 4) is 0 Å². The van der Waals surface area contributed by atoms with E-state index in [0.717, 1.165) is 0 Å². The molecule has 3 nitrogen and oxygen atoms in total. The fourth-order valence-corrected chi connectivity index (χ4v) is 1.68. The lowest BCUT2D eigenvalue weighted by Gasteiger charge is -2.09. The molecular formula is C10H9Cl2F2NO2. The number of hydrogen-bond donors (Lipinski definition) is 0. The maximum atomic E-state index is 12.6. The lowest BCUT2D eigenvalue weighted by Crippen LogP contribution is -2.10. The first kappa shape index (κ1) is 14.1. The number of carbonyl (C=O) groups excluding carboxylic acids is 1.